The van der Waals surface area contributed by atoms with Crippen molar-refractivity contribution in [3.63, 3.8) is 0 Å². The van der Waals surface area contributed by atoms with Crippen molar-refractivity contribution in [1.82, 2.24) is 14.8 Å². The molecule has 8 heteroatoms. The Morgan fingerprint density at radius 2 is 1.87 bits per heavy atom. The Kier molecular flexibility index (Phi) is 5.28. The van der Waals surface area contributed by atoms with Crippen molar-refractivity contribution >= 4 is 34.5 Å². The van der Waals surface area contributed by atoms with Crippen LogP contribution >= 0.6 is 23.2 Å². The van der Waals surface area contributed by atoms with E-state index in [1.807, 2.05) is 20.8 Å². The first-order valence-electron chi connectivity index (χ1n) is 6.68. The number of ether oxygens (including phenoxy) is 2. The van der Waals surface area contributed by atoms with Gasteiger partial charge in [-0.2, -0.15) is 9.78 Å². The van der Waals surface area contributed by atoms with Gasteiger partial charge in [-0.15, -0.1) is 0 Å². The molecule has 0 radical (unpaired) electrons. The molecular weight excluding hydrogens is 341 g/mol. The second-order valence-corrected chi connectivity index (χ2v) is 6.37. The average molecular weight is 356 g/mol. The lowest BCUT2D eigenvalue weighted by molar-refractivity contribution is 0.174. The summed E-state index contributed by atoms with van der Waals surface area (Å²) in [7, 11) is 0. The van der Waals surface area contributed by atoms with Crippen LogP contribution in [0.2, 0.25) is 5.02 Å². The van der Waals surface area contributed by atoms with Crippen molar-refractivity contribution in [2.24, 2.45) is 5.41 Å². The molecule has 6 nitrogen and oxygen atoms in total. The highest BCUT2D eigenvalue weighted by atomic mass is 35.5. The second kappa shape index (κ2) is 7.02. The summed E-state index contributed by atoms with van der Waals surface area (Å²) in [6, 6.07) is 6.73. The maximum Gasteiger partial charge on any atom is 0.409 e. The van der Waals surface area contributed by atoms with Gasteiger partial charge in [0.05, 0.1) is 0 Å². The molecule has 0 amide bonds. The first-order chi connectivity index (χ1) is 10.8. The Bertz CT molecular complexity index is 705. The second-order valence-electron chi connectivity index (χ2n) is 5.62. The van der Waals surface area contributed by atoms with Crippen LogP contribution < -0.4 is 4.74 Å². The summed E-state index contributed by atoms with van der Waals surface area (Å²) < 4.78 is 12.4. The SMILES string of the molecule is CC(C)(C)/C(OC(=O)Cl)=C(\Oc1ccc(Cl)cc1)n1cncn1. The summed E-state index contributed by atoms with van der Waals surface area (Å²) >= 11 is 11.3. The lowest BCUT2D eigenvalue weighted by Gasteiger charge is -2.24. The standard InChI is InChI=1S/C15H15Cl2N3O3/c1-15(2,3)12(23-14(17)21)13(20-9-18-8-19-20)22-11-6-4-10(16)5-7-11/h4-9H,1-3H3/b13-12+. The quantitative estimate of drug-likeness (QED) is 0.594. The van der Waals surface area contributed by atoms with Gasteiger partial charge in [0.15, 0.2) is 5.76 Å². The fourth-order valence-electron chi connectivity index (χ4n) is 1.72. The van der Waals surface area contributed by atoms with Crippen LogP contribution in [0.5, 0.6) is 5.75 Å². The van der Waals surface area contributed by atoms with E-state index in [1.165, 1.54) is 17.3 Å². The zero-order valence-electron chi connectivity index (χ0n) is 12.8. The smallest absolute Gasteiger partial charge is 0.409 e. The molecule has 1 heterocycles. The number of hydrogen-bond acceptors (Lipinski definition) is 5. The van der Waals surface area contributed by atoms with Crippen molar-refractivity contribution in [2.45, 2.75) is 20.8 Å². The van der Waals surface area contributed by atoms with Gasteiger partial charge in [0.25, 0.3) is 5.88 Å². The first-order valence-corrected chi connectivity index (χ1v) is 7.43. The van der Waals surface area contributed by atoms with Gasteiger partial charge in [-0.05, 0) is 24.3 Å². The Morgan fingerprint density at radius 3 is 2.35 bits per heavy atom. The molecule has 2 rings (SSSR count). The average Bonchev–Trinajstić information content (AvgIpc) is 2.97. The molecule has 0 aliphatic heterocycles. The van der Waals surface area contributed by atoms with E-state index in [0.29, 0.717) is 10.8 Å². The Morgan fingerprint density at radius 1 is 1.22 bits per heavy atom. The number of benzene rings is 1. The van der Waals surface area contributed by atoms with E-state index in [2.05, 4.69) is 10.1 Å². The Labute approximate surface area is 143 Å². The van der Waals surface area contributed by atoms with E-state index in [-0.39, 0.29) is 11.6 Å². The molecule has 1 aromatic carbocycles. The normalized spacial score (nSPS) is 12.6. The topological polar surface area (TPSA) is 66.2 Å². The molecule has 0 N–H and O–H groups in total. The van der Waals surface area contributed by atoms with Gasteiger partial charge in [-0.25, -0.2) is 9.78 Å². The van der Waals surface area contributed by atoms with Crippen LogP contribution in [-0.2, 0) is 4.74 Å². The van der Waals surface area contributed by atoms with Gasteiger partial charge in [0, 0.05) is 22.0 Å². The van der Waals surface area contributed by atoms with Crippen molar-refractivity contribution in [3.05, 3.63) is 47.7 Å². The van der Waals surface area contributed by atoms with Crippen LogP contribution in [0.15, 0.2) is 42.7 Å². The number of aromatic nitrogens is 3. The van der Waals surface area contributed by atoms with Crippen molar-refractivity contribution in [1.29, 1.82) is 0 Å². The molecule has 0 saturated carbocycles. The molecule has 23 heavy (non-hydrogen) atoms. The predicted octanol–water partition coefficient (Wildman–Crippen LogP) is 4.56. The van der Waals surface area contributed by atoms with E-state index >= 15 is 0 Å². The van der Waals surface area contributed by atoms with Gasteiger partial charge in [0.1, 0.15) is 18.4 Å². The third-order valence-corrected chi connectivity index (χ3v) is 3.04. The number of allylic oxidation sites excluding steroid dienone is 1. The Hall–Kier alpha value is -2.05. The molecule has 0 bridgehead atoms. The van der Waals surface area contributed by atoms with E-state index < -0.39 is 10.8 Å². The van der Waals surface area contributed by atoms with Gasteiger partial charge >= 0.3 is 5.43 Å². The fraction of sp³-hybridized carbons (Fsp3) is 0.267. The third kappa shape index (κ3) is 4.71. The summed E-state index contributed by atoms with van der Waals surface area (Å²) in [6.45, 7) is 5.55. The van der Waals surface area contributed by atoms with Crippen molar-refractivity contribution in [3.8, 4) is 5.75 Å². The third-order valence-electron chi connectivity index (χ3n) is 2.71. The van der Waals surface area contributed by atoms with Crippen LogP contribution in [0.3, 0.4) is 0 Å². The van der Waals surface area contributed by atoms with Crippen LogP contribution in [0, 0.1) is 5.41 Å². The van der Waals surface area contributed by atoms with Crippen molar-refractivity contribution in [2.75, 3.05) is 0 Å². The number of carbonyl (C=O) groups is 1. The molecule has 0 aliphatic carbocycles. The lowest BCUT2D eigenvalue weighted by Crippen LogP contribution is -2.21. The first kappa shape index (κ1) is 17.3. The number of hydrogen-bond donors (Lipinski definition) is 0. The van der Waals surface area contributed by atoms with Crippen LogP contribution in [0.25, 0.3) is 5.88 Å². The van der Waals surface area contributed by atoms with Crippen LogP contribution in [-0.4, -0.2) is 20.2 Å². The largest absolute Gasteiger partial charge is 0.436 e. The number of nitrogens with zero attached hydrogens (tertiary/aromatic N) is 3. The summed E-state index contributed by atoms with van der Waals surface area (Å²) in [5.74, 6) is 0.900. The molecule has 122 valence electrons. The number of rotatable bonds is 4. The molecule has 0 spiro atoms. The predicted molar refractivity (Wildman–Crippen MR) is 87.1 cm³/mol. The molecule has 0 saturated heterocycles. The highest BCUT2D eigenvalue weighted by molar-refractivity contribution is 6.61. The minimum Gasteiger partial charge on any atom is -0.436 e. The summed E-state index contributed by atoms with van der Waals surface area (Å²) in [5, 5.41) is 4.61. The molecule has 0 aliphatic rings. The van der Waals surface area contributed by atoms with Crippen LogP contribution in [0.1, 0.15) is 20.8 Å². The molecule has 0 fully saturated rings. The summed E-state index contributed by atoms with van der Waals surface area (Å²) in [4.78, 5) is 15.1. The van der Waals surface area contributed by atoms with E-state index in [0.717, 1.165) is 0 Å². The monoisotopic (exact) mass is 355 g/mol. The van der Waals surface area contributed by atoms with Gasteiger partial charge < -0.3 is 9.47 Å². The van der Waals surface area contributed by atoms with Gasteiger partial charge in [0.2, 0.25) is 0 Å². The van der Waals surface area contributed by atoms with Gasteiger partial charge in [-0.3, -0.25) is 0 Å². The highest BCUT2D eigenvalue weighted by Gasteiger charge is 2.29. The minimum absolute atomic E-state index is 0.186. The fourth-order valence-corrected chi connectivity index (χ4v) is 1.93. The highest BCUT2D eigenvalue weighted by Crippen LogP contribution is 2.33. The number of halogens is 2. The molecular formula is C15H15Cl2N3O3. The molecule has 0 unspecified atom stereocenters. The van der Waals surface area contributed by atoms with Gasteiger partial charge in [-0.1, -0.05) is 32.4 Å². The molecule has 2 aromatic rings. The zero-order valence-corrected chi connectivity index (χ0v) is 14.3. The minimum atomic E-state index is -0.966. The van der Waals surface area contributed by atoms with E-state index in [1.54, 1.807) is 24.3 Å². The number of carbonyl (C=O) groups excluding carboxylic acids is 1. The van der Waals surface area contributed by atoms with E-state index in [9.17, 15) is 4.79 Å². The van der Waals surface area contributed by atoms with Crippen molar-refractivity contribution < 1.29 is 14.3 Å². The summed E-state index contributed by atoms with van der Waals surface area (Å²) in [5.41, 5.74) is -1.54. The summed E-state index contributed by atoms with van der Waals surface area (Å²) in [6.07, 6.45) is 2.77. The molecule has 0 atom stereocenters. The van der Waals surface area contributed by atoms with E-state index in [4.69, 9.17) is 32.7 Å². The maximum absolute atomic E-state index is 11.3. The zero-order chi connectivity index (χ0) is 17.0. The maximum atomic E-state index is 11.3. The lowest BCUT2D eigenvalue weighted by atomic mass is 9.94. The molecule has 1 aromatic heterocycles. The Balaban J connectivity index is 2.53. The van der Waals surface area contributed by atoms with Crippen LogP contribution in [0.4, 0.5) is 4.79 Å².